The van der Waals surface area contributed by atoms with Gasteiger partial charge in [-0.1, -0.05) is 19.1 Å². The van der Waals surface area contributed by atoms with Crippen LogP contribution in [0.4, 0.5) is 0 Å². The molecule has 2 N–H and O–H groups in total. The van der Waals surface area contributed by atoms with Crippen LogP contribution in [-0.2, 0) is 6.42 Å². The molecule has 0 aliphatic carbocycles. The first-order valence-corrected chi connectivity index (χ1v) is 6.40. The van der Waals surface area contributed by atoms with E-state index in [4.69, 9.17) is 10.5 Å². The molecule has 0 radical (unpaired) electrons. The van der Waals surface area contributed by atoms with E-state index in [2.05, 4.69) is 16.9 Å². The predicted molar refractivity (Wildman–Crippen MR) is 75.9 cm³/mol. The minimum atomic E-state index is 0.382. The van der Waals surface area contributed by atoms with Crippen molar-refractivity contribution in [2.75, 3.05) is 13.7 Å². The van der Waals surface area contributed by atoms with Gasteiger partial charge in [0, 0.05) is 18.2 Å². The van der Waals surface area contributed by atoms with Gasteiger partial charge in [0.05, 0.1) is 12.8 Å². The monoisotopic (exact) mass is 257 g/mol. The Morgan fingerprint density at radius 3 is 2.79 bits per heavy atom. The maximum absolute atomic E-state index is 5.64. The Labute approximate surface area is 113 Å². The first-order valence-electron chi connectivity index (χ1n) is 6.40. The molecule has 0 saturated heterocycles. The topological polar surface area (TPSA) is 61.0 Å². The second-order valence-corrected chi connectivity index (χ2v) is 4.60. The molecule has 0 aliphatic heterocycles. The van der Waals surface area contributed by atoms with Crippen molar-refractivity contribution >= 4 is 0 Å². The fraction of sp³-hybridized carbons (Fsp3) is 0.333. The van der Waals surface area contributed by atoms with E-state index in [1.807, 2.05) is 30.3 Å². The molecule has 2 rings (SSSR count). The van der Waals surface area contributed by atoms with Crippen LogP contribution in [0.3, 0.4) is 0 Å². The van der Waals surface area contributed by atoms with E-state index in [9.17, 15) is 0 Å². The molecule has 0 bridgehead atoms. The third kappa shape index (κ3) is 3.29. The van der Waals surface area contributed by atoms with E-state index in [-0.39, 0.29) is 0 Å². The zero-order chi connectivity index (χ0) is 13.7. The third-order valence-corrected chi connectivity index (χ3v) is 3.02. The summed E-state index contributed by atoms with van der Waals surface area (Å²) in [6.07, 6.45) is 2.58. The van der Waals surface area contributed by atoms with Crippen LogP contribution in [0.1, 0.15) is 12.7 Å². The minimum absolute atomic E-state index is 0.382. The molecule has 0 aliphatic rings. The summed E-state index contributed by atoms with van der Waals surface area (Å²) in [5.41, 5.74) is 7.50. The van der Waals surface area contributed by atoms with E-state index in [1.54, 1.807) is 13.3 Å². The van der Waals surface area contributed by atoms with Crippen LogP contribution < -0.4 is 10.5 Å². The number of rotatable bonds is 5. The largest absolute Gasteiger partial charge is 0.496 e. The molecule has 1 atom stereocenters. The lowest BCUT2D eigenvalue weighted by molar-refractivity contribution is 0.416. The van der Waals surface area contributed by atoms with Crippen molar-refractivity contribution in [1.82, 2.24) is 9.97 Å². The van der Waals surface area contributed by atoms with Crippen LogP contribution in [0.15, 0.2) is 36.5 Å². The SMILES string of the molecule is COc1ccccc1-c1ccnc(CC(C)CN)n1. The lowest BCUT2D eigenvalue weighted by Crippen LogP contribution is -2.14. The molecule has 0 spiro atoms. The van der Waals surface area contributed by atoms with Crippen LogP contribution in [-0.4, -0.2) is 23.6 Å². The van der Waals surface area contributed by atoms with Gasteiger partial charge in [-0.2, -0.15) is 0 Å². The normalized spacial score (nSPS) is 12.2. The molecular formula is C15H19N3O. The number of ether oxygens (including phenoxy) is 1. The minimum Gasteiger partial charge on any atom is -0.496 e. The Bertz CT molecular complexity index is 542. The van der Waals surface area contributed by atoms with Gasteiger partial charge in [-0.05, 0) is 30.7 Å². The standard InChI is InChI=1S/C15H19N3O/c1-11(10-16)9-15-17-8-7-13(18-15)12-5-3-4-6-14(12)19-2/h3-8,11H,9-10,16H2,1-2H3. The highest BCUT2D eigenvalue weighted by molar-refractivity contribution is 5.66. The van der Waals surface area contributed by atoms with Gasteiger partial charge in [-0.15, -0.1) is 0 Å². The van der Waals surface area contributed by atoms with Crippen LogP contribution in [0.2, 0.25) is 0 Å². The Morgan fingerprint density at radius 1 is 1.26 bits per heavy atom. The summed E-state index contributed by atoms with van der Waals surface area (Å²) in [6.45, 7) is 2.74. The van der Waals surface area contributed by atoms with Gasteiger partial charge in [0.15, 0.2) is 0 Å². The summed E-state index contributed by atoms with van der Waals surface area (Å²) in [7, 11) is 1.66. The molecule has 1 aromatic carbocycles. The number of hydrogen-bond donors (Lipinski definition) is 1. The molecule has 4 heteroatoms. The molecule has 1 unspecified atom stereocenters. The fourth-order valence-corrected chi connectivity index (χ4v) is 1.90. The van der Waals surface area contributed by atoms with Gasteiger partial charge >= 0.3 is 0 Å². The van der Waals surface area contributed by atoms with Gasteiger partial charge in [0.25, 0.3) is 0 Å². The van der Waals surface area contributed by atoms with Gasteiger partial charge < -0.3 is 10.5 Å². The number of methoxy groups -OCH3 is 1. The van der Waals surface area contributed by atoms with Crippen molar-refractivity contribution in [1.29, 1.82) is 0 Å². The van der Waals surface area contributed by atoms with Gasteiger partial charge in [0.2, 0.25) is 0 Å². The van der Waals surface area contributed by atoms with Crippen molar-refractivity contribution < 1.29 is 4.74 Å². The molecule has 1 aromatic heterocycles. The summed E-state index contributed by atoms with van der Waals surface area (Å²) < 4.78 is 5.36. The smallest absolute Gasteiger partial charge is 0.129 e. The number of para-hydroxylation sites is 1. The molecule has 4 nitrogen and oxygen atoms in total. The first-order chi connectivity index (χ1) is 9.24. The second-order valence-electron chi connectivity index (χ2n) is 4.60. The van der Waals surface area contributed by atoms with Crippen molar-refractivity contribution in [2.24, 2.45) is 11.7 Å². The highest BCUT2D eigenvalue weighted by Gasteiger charge is 2.09. The Hall–Kier alpha value is -1.94. The molecular weight excluding hydrogens is 238 g/mol. The maximum Gasteiger partial charge on any atom is 0.129 e. The van der Waals surface area contributed by atoms with Gasteiger partial charge in [-0.25, -0.2) is 9.97 Å². The van der Waals surface area contributed by atoms with E-state index in [1.165, 1.54) is 0 Å². The zero-order valence-corrected chi connectivity index (χ0v) is 11.3. The molecule has 0 saturated carbocycles. The summed E-state index contributed by atoms with van der Waals surface area (Å²) >= 11 is 0. The highest BCUT2D eigenvalue weighted by atomic mass is 16.5. The van der Waals surface area contributed by atoms with E-state index < -0.39 is 0 Å². The number of nitrogens with zero attached hydrogens (tertiary/aromatic N) is 2. The average molecular weight is 257 g/mol. The Kier molecular flexibility index (Phi) is 4.47. The lowest BCUT2D eigenvalue weighted by atomic mass is 10.1. The Balaban J connectivity index is 2.32. The molecule has 0 fully saturated rings. The molecule has 2 aromatic rings. The van der Waals surface area contributed by atoms with Crippen LogP contribution in [0, 0.1) is 5.92 Å². The van der Waals surface area contributed by atoms with Crippen LogP contribution >= 0.6 is 0 Å². The lowest BCUT2D eigenvalue weighted by Gasteiger charge is -2.10. The quantitative estimate of drug-likeness (QED) is 0.892. The van der Waals surface area contributed by atoms with E-state index >= 15 is 0 Å². The second kappa shape index (κ2) is 6.29. The van der Waals surface area contributed by atoms with Gasteiger partial charge in [-0.3, -0.25) is 0 Å². The molecule has 19 heavy (non-hydrogen) atoms. The molecule has 100 valence electrons. The zero-order valence-electron chi connectivity index (χ0n) is 11.3. The predicted octanol–water partition coefficient (Wildman–Crippen LogP) is 2.29. The van der Waals surface area contributed by atoms with Crippen molar-refractivity contribution in [3.8, 4) is 17.0 Å². The summed E-state index contributed by atoms with van der Waals surface area (Å²) in [4.78, 5) is 8.89. The van der Waals surface area contributed by atoms with Crippen molar-refractivity contribution in [3.63, 3.8) is 0 Å². The molecule has 0 amide bonds. The van der Waals surface area contributed by atoms with Crippen molar-refractivity contribution in [2.45, 2.75) is 13.3 Å². The van der Waals surface area contributed by atoms with Gasteiger partial charge in [0.1, 0.15) is 11.6 Å². The fourth-order valence-electron chi connectivity index (χ4n) is 1.90. The average Bonchev–Trinajstić information content (AvgIpc) is 2.47. The number of benzene rings is 1. The molecule has 1 heterocycles. The van der Waals surface area contributed by atoms with Crippen molar-refractivity contribution in [3.05, 3.63) is 42.4 Å². The third-order valence-electron chi connectivity index (χ3n) is 3.02. The number of nitrogens with two attached hydrogens (primary N) is 1. The summed E-state index contributed by atoms with van der Waals surface area (Å²) in [6, 6.07) is 9.74. The summed E-state index contributed by atoms with van der Waals surface area (Å²) in [5.74, 6) is 2.02. The van der Waals surface area contributed by atoms with Crippen LogP contribution in [0.5, 0.6) is 5.75 Å². The van der Waals surface area contributed by atoms with E-state index in [0.29, 0.717) is 12.5 Å². The maximum atomic E-state index is 5.64. The highest BCUT2D eigenvalue weighted by Crippen LogP contribution is 2.27. The number of hydrogen-bond acceptors (Lipinski definition) is 4. The van der Waals surface area contributed by atoms with E-state index in [0.717, 1.165) is 29.3 Å². The Morgan fingerprint density at radius 2 is 2.05 bits per heavy atom. The summed E-state index contributed by atoms with van der Waals surface area (Å²) in [5, 5.41) is 0. The first kappa shape index (κ1) is 13.5. The van der Waals surface area contributed by atoms with Crippen LogP contribution in [0.25, 0.3) is 11.3 Å². The number of aromatic nitrogens is 2.